The number of rotatable bonds is 11. The van der Waals surface area contributed by atoms with Gasteiger partial charge in [-0.2, -0.15) is 0 Å². The lowest BCUT2D eigenvalue weighted by Crippen LogP contribution is -2.32. The van der Waals surface area contributed by atoms with Crippen LogP contribution in [0.4, 0.5) is 0 Å². The Morgan fingerprint density at radius 2 is 1.49 bits per heavy atom. The number of fused-ring (bicyclic) bond motifs is 1. The van der Waals surface area contributed by atoms with Crippen LogP contribution < -0.4 is 9.47 Å². The van der Waals surface area contributed by atoms with Crippen LogP contribution in [0.3, 0.4) is 0 Å². The molecule has 2 aromatic rings. The highest BCUT2D eigenvalue weighted by Gasteiger charge is 2.47. The van der Waals surface area contributed by atoms with Crippen LogP contribution in [0.1, 0.15) is 40.5 Å². The summed E-state index contributed by atoms with van der Waals surface area (Å²) in [6.45, 7) is 7.06. The fourth-order valence-electron chi connectivity index (χ4n) is 4.10. The van der Waals surface area contributed by atoms with Gasteiger partial charge < -0.3 is 28.4 Å². The monoisotopic (exact) mass is 510 g/mol. The number of hydrogen-bond acceptors (Lipinski definition) is 9. The molecule has 0 N–H and O–H groups in total. The maximum Gasteiger partial charge on any atom is 0.343 e. The van der Waals surface area contributed by atoms with Crippen molar-refractivity contribution in [2.75, 3.05) is 26.4 Å². The maximum atomic E-state index is 12.5. The SMILES string of the molecule is C=CC(=O)OCCCCOc1ccc(C(=O)Oc2ccc(C(=O)O[C@H]3COC4C3OC[C@@H]4C)cc2)cc1. The van der Waals surface area contributed by atoms with Crippen LogP contribution in [0.25, 0.3) is 0 Å². The van der Waals surface area contributed by atoms with Crippen molar-refractivity contribution in [1.82, 2.24) is 0 Å². The van der Waals surface area contributed by atoms with E-state index in [0.717, 1.165) is 6.08 Å². The van der Waals surface area contributed by atoms with E-state index in [1.807, 2.05) is 6.92 Å². The molecule has 0 spiro atoms. The first kappa shape index (κ1) is 26.4. The van der Waals surface area contributed by atoms with Crippen LogP contribution in [-0.4, -0.2) is 62.6 Å². The van der Waals surface area contributed by atoms with Gasteiger partial charge in [-0.25, -0.2) is 14.4 Å². The lowest BCUT2D eigenvalue weighted by atomic mass is 10.0. The van der Waals surface area contributed by atoms with Crippen molar-refractivity contribution in [1.29, 1.82) is 0 Å². The Morgan fingerprint density at radius 1 is 0.865 bits per heavy atom. The smallest absolute Gasteiger partial charge is 0.343 e. The van der Waals surface area contributed by atoms with Gasteiger partial charge in [-0.05, 0) is 61.4 Å². The standard InChI is InChI=1S/C28H30O9/c1-3-24(29)33-15-5-4-14-32-21-10-6-19(7-11-21)27(30)36-22-12-8-20(9-13-22)28(31)37-23-17-35-25-18(2)16-34-26(23)25/h3,6-13,18,23,25-26H,1,4-5,14-17H2,2H3/t18-,23-,25?,26?/m0/s1. The van der Waals surface area contributed by atoms with Gasteiger partial charge in [-0.3, -0.25) is 0 Å². The minimum absolute atomic E-state index is 0.0409. The fourth-order valence-corrected chi connectivity index (χ4v) is 4.10. The molecule has 0 amide bonds. The Kier molecular flexibility index (Phi) is 8.92. The number of ether oxygens (including phenoxy) is 6. The predicted molar refractivity (Wildman–Crippen MR) is 132 cm³/mol. The van der Waals surface area contributed by atoms with Crippen molar-refractivity contribution in [3.05, 3.63) is 72.3 Å². The highest BCUT2D eigenvalue weighted by molar-refractivity contribution is 5.92. The van der Waals surface area contributed by atoms with Crippen LogP contribution in [-0.2, 0) is 23.7 Å². The van der Waals surface area contributed by atoms with E-state index in [1.54, 1.807) is 48.5 Å². The Bertz CT molecular complexity index is 1090. The molecule has 2 aliphatic heterocycles. The summed E-state index contributed by atoms with van der Waals surface area (Å²) in [6.07, 6.45) is 1.80. The van der Waals surface area contributed by atoms with Gasteiger partial charge >= 0.3 is 17.9 Å². The van der Waals surface area contributed by atoms with Crippen molar-refractivity contribution in [2.24, 2.45) is 5.92 Å². The first-order valence-electron chi connectivity index (χ1n) is 12.2. The third kappa shape index (κ3) is 6.96. The summed E-state index contributed by atoms with van der Waals surface area (Å²) in [6, 6.07) is 12.8. The largest absolute Gasteiger partial charge is 0.494 e. The van der Waals surface area contributed by atoms with Crippen LogP contribution >= 0.6 is 0 Å². The lowest BCUT2D eigenvalue weighted by Gasteiger charge is -2.16. The van der Waals surface area contributed by atoms with Gasteiger partial charge in [0, 0.05) is 12.0 Å². The molecule has 2 fully saturated rings. The van der Waals surface area contributed by atoms with Crippen molar-refractivity contribution in [2.45, 2.75) is 38.1 Å². The van der Waals surface area contributed by atoms with E-state index in [0.29, 0.717) is 61.9 Å². The first-order valence-corrected chi connectivity index (χ1v) is 12.2. The van der Waals surface area contributed by atoms with Crippen molar-refractivity contribution >= 4 is 17.9 Å². The second-order valence-corrected chi connectivity index (χ2v) is 8.88. The molecule has 2 heterocycles. The molecular formula is C28H30O9. The molecule has 0 aromatic heterocycles. The van der Waals surface area contributed by atoms with Crippen molar-refractivity contribution in [3.63, 3.8) is 0 Å². The molecule has 4 rings (SSSR count). The quantitative estimate of drug-likeness (QED) is 0.193. The average molecular weight is 511 g/mol. The second kappa shape index (κ2) is 12.5. The molecule has 9 heteroatoms. The number of benzene rings is 2. The summed E-state index contributed by atoms with van der Waals surface area (Å²) >= 11 is 0. The van der Waals surface area contributed by atoms with E-state index in [2.05, 4.69) is 6.58 Å². The molecule has 2 aliphatic rings. The molecule has 37 heavy (non-hydrogen) atoms. The second-order valence-electron chi connectivity index (χ2n) is 8.88. The lowest BCUT2D eigenvalue weighted by molar-refractivity contribution is -0.137. The summed E-state index contributed by atoms with van der Waals surface area (Å²) < 4.78 is 33.0. The third-order valence-corrected chi connectivity index (χ3v) is 6.12. The zero-order chi connectivity index (χ0) is 26.2. The van der Waals surface area contributed by atoms with E-state index >= 15 is 0 Å². The Hall–Kier alpha value is -3.69. The maximum absolute atomic E-state index is 12.5. The van der Waals surface area contributed by atoms with E-state index in [4.69, 9.17) is 28.4 Å². The zero-order valence-corrected chi connectivity index (χ0v) is 20.6. The van der Waals surface area contributed by atoms with Crippen LogP contribution in [0, 0.1) is 5.92 Å². The van der Waals surface area contributed by atoms with Crippen LogP contribution in [0.15, 0.2) is 61.2 Å². The average Bonchev–Trinajstić information content (AvgIpc) is 3.49. The fraction of sp³-hybridized carbons (Fsp3) is 0.393. The predicted octanol–water partition coefficient (Wildman–Crippen LogP) is 3.75. The third-order valence-electron chi connectivity index (χ3n) is 6.12. The van der Waals surface area contributed by atoms with E-state index in [9.17, 15) is 14.4 Å². The molecule has 4 atom stereocenters. The van der Waals surface area contributed by atoms with E-state index in [1.165, 1.54) is 0 Å². The molecule has 0 saturated carbocycles. The molecule has 2 aromatic carbocycles. The number of esters is 3. The summed E-state index contributed by atoms with van der Waals surface area (Å²) in [7, 11) is 0. The van der Waals surface area contributed by atoms with Gasteiger partial charge in [-0.1, -0.05) is 13.5 Å². The highest BCUT2D eigenvalue weighted by Crippen LogP contribution is 2.32. The minimum atomic E-state index is -0.535. The van der Waals surface area contributed by atoms with Crippen molar-refractivity contribution in [3.8, 4) is 11.5 Å². The normalized spacial score (nSPS) is 22.1. The van der Waals surface area contributed by atoms with Crippen molar-refractivity contribution < 1.29 is 42.8 Å². The first-order chi connectivity index (χ1) is 17.9. The van der Waals surface area contributed by atoms with Crippen LogP contribution in [0.2, 0.25) is 0 Å². The number of hydrogen-bond donors (Lipinski definition) is 0. The summed E-state index contributed by atoms with van der Waals surface area (Å²) in [5.41, 5.74) is 0.698. The summed E-state index contributed by atoms with van der Waals surface area (Å²) in [4.78, 5) is 36.0. The van der Waals surface area contributed by atoms with E-state index < -0.39 is 24.0 Å². The molecule has 196 valence electrons. The van der Waals surface area contributed by atoms with Gasteiger partial charge in [0.25, 0.3) is 0 Å². The molecule has 0 bridgehead atoms. The number of carbonyl (C=O) groups excluding carboxylic acids is 3. The molecular weight excluding hydrogens is 480 g/mol. The number of carbonyl (C=O) groups is 3. The molecule has 2 saturated heterocycles. The van der Waals surface area contributed by atoms with Gasteiger partial charge in [0.15, 0.2) is 6.10 Å². The van der Waals surface area contributed by atoms with Crippen LogP contribution in [0.5, 0.6) is 11.5 Å². The Labute approximate surface area is 215 Å². The van der Waals surface area contributed by atoms with Gasteiger partial charge in [0.05, 0.1) is 43.7 Å². The molecule has 0 radical (unpaired) electrons. The minimum Gasteiger partial charge on any atom is -0.494 e. The van der Waals surface area contributed by atoms with Gasteiger partial charge in [-0.15, -0.1) is 0 Å². The summed E-state index contributed by atoms with van der Waals surface area (Å²) in [5, 5.41) is 0. The molecule has 9 nitrogen and oxygen atoms in total. The van der Waals surface area contributed by atoms with Gasteiger partial charge in [0.2, 0.25) is 0 Å². The topological polar surface area (TPSA) is 107 Å². The summed E-state index contributed by atoms with van der Waals surface area (Å²) in [5.74, 6) is -0.270. The number of unbranched alkanes of at least 4 members (excludes halogenated alkanes) is 1. The highest BCUT2D eigenvalue weighted by atomic mass is 16.6. The zero-order valence-electron chi connectivity index (χ0n) is 20.6. The Balaban J connectivity index is 1.20. The molecule has 2 unspecified atom stereocenters. The molecule has 0 aliphatic carbocycles. The van der Waals surface area contributed by atoms with E-state index in [-0.39, 0.29) is 18.1 Å². The Morgan fingerprint density at radius 3 is 2.19 bits per heavy atom. The van der Waals surface area contributed by atoms with Gasteiger partial charge in [0.1, 0.15) is 17.6 Å².